The molecule has 0 aliphatic heterocycles. The minimum atomic E-state index is -1.23. The van der Waals surface area contributed by atoms with E-state index in [-0.39, 0.29) is 11.8 Å². The highest BCUT2D eigenvalue weighted by molar-refractivity contribution is 6.35. The van der Waals surface area contributed by atoms with Crippen LogP contribution < -0.4 is 0 Å². The number of hydrogen-bond donors (Lipinski definition) is 1. The molecule has 3 aliphatic rings. The number of hydrogen-bond acceptors (Lipinski definition) is 1. The number of alkyl halides is 1. The van der Waals surface area contributed by atoms with Gasteiger partial charge in [0.1, 0.15) is 0 Å². The van der Waals surface area contributed by atoms with E-state index in [1.807, 2.05) is 36.4 Å². The third-order valence-electron chi connectivity index (χ3n) is 4.68. The predicted octanol–water partition coefficient (Wildman–Crippen LogP) is 3.73. The zero-order valence-electron chi connectivity index (χ0n) is 10.7. The van der Waals surface area contributed by atoms with Gasteiger partial charge in [0.05, 0.1) is 0 Å². The smallest absolute Gasteiger partial charge is 0.325 e. The van der Waals surface area contributed by atoms with Crippen LogP contribution >= 0.6 is 11.6 Å². The van der Waals surface area contributed by atoms with Gasteiger partial charge >= 0.3 is 5.97 Å². The Morgan fingerprint density at radius 3 is 1.90 bits per heavy atom. The normalized spacial score (nSPS) is 29.6. The monoisotopic (exact) mass is 284 g/mol. The van der Waals surface area contributed by atoms with Crippen molar-refractivity contribution in [3.8, 4) is 0 Å². The number of benzene rings is 2. The first-order valence-corrected chi connectivity index (χ1v) is 7.10. The Kier molecular flexibility index (Phi) is 2.31. The Bertz CT molecular complexity index is 677. The largest absolute Gasteiger partial charge is 0.480 e. The van der Waals surface area contributed by atoms with Crippen molar-refractivity contribution in [2.45, 2.75) is 23.1 Å². The van der Waals surface area contributed by atoms with Gasteiger partial charge in [-0.1, -0.05) is 48.5 Å². The topological polar surface area (TPSA) is 37.3 Å². The molecule has 0 spiro atoms. The fourth-order valence-electron chi connectivity index (χ4n) is 3.86. The Balaban J connectivity index is 2.05. The highest BCUT2D eigenvalue weighted by Crippen LogP contribution is 2.59. The minimum Gasteiger partial charge on any atom is -0.480 e. The molecule has 1 atom stereocenters. The lowest BCUT2D eigenvalue weighted by molar-refractivity contribution is -0.141. The van der Waals surface area contributed by atoms with Crippen molar-refractivity contribution in [2.24, 2.45) is 0 Å². The summed E-state index contributed by atoms with van der Waals surface area (Å²) in [5.74, 6) is -1.10. The second kappa shape index (κ2) is 3.86. The molecule has 100 valence electrons. The van der Waals surface area contributed by atoms with Crippen molar-refractivity contribution in [1.82, 2.24) is 0 Å². The molecule has 2 aromatic rings. The molecule has 3 aliphatic carbocycles. The average molecular weight is 285 g/mol. The first kappa shape index (κ1) is 12.0. The standard InChI is InChI=1S/C17H13ClO2/c18-17(16(19)20)9-14-10-5-1-3-7-12(10)15(17)13-8-4-2-6-11(13)14/h1-8,14-15H,9H2,(H,19,20). The van der Waals surface area contributed by atoms with E-state index in [2.05, 4.69) is 12.1 Å². The van der Waals surface area contributed by atoms with Crippen LogP contribution in [0, 0.1) is 0 Å². The third-order valence-corrected chi connectivity index (χ3v) is 5.21. The van der Waals surface area contributed by atoms with Gasteiger partial charge in [0.15, 0.2) is 4.87 Å². The summed E-state index contributed by atoms with van der Waals surface area (Å²) in [5.41, 5.74) is 4.60. The first-order chi connectivity index (χ1) is 9.63. The molecule has 20 heavy (non-hydrogen) atoms. The fourth-order valence-corrected chi connectivity index (χ4v) is 4.25. The van der Waals surface area contributed by atoms with Gasteiger partial charge in [-0.15, -0.1) is 11.6 Å². The summed E-state index contributed by atoms with van der Waals surface area (Å²) < 4.78 is 0. The molecule has 0 radical (unpaired) electrons. The Morgan fingerprint density at radius 2 is 1.45 bits per heavy atom. The van der Waals surface area contributed by atoms with Gasteiger partial charge in [-0.3, -0.25) is 4.79 Å². The lowest BCUT2D eigenvalue weighted by Crippen LogP contribution is -2.48. The molecule has 0 heterocycles. The summed E-state index contributed by atoms with van der Waals surface area (Å²) in [7, 11) is 0. The van der Waals surface area contributed by atoms with Gasteiger partial charge in [-0.25, -0.2) is 0 Å². The molecule has 0 fully saturated rings. The zero-order valence-corrected chi connectivity index (χ0v) is 11.5. The van der Waals surface area contributed by atoms with Crippen molar-refractivity contribution in [3.05, 3.63) is 70.8 Å². The van der Waals surface area contributed by atoms with Crippen LogP contribution in [-0.4, -0.2) is 16.0 Å². The maximum atomic E-state index is 11.8. The van der Waals surface area contributed by atoms with Crippen LogP contribution in [0.1, 0.15) is 40.5 Å². The molecule has 1 unspecified atom stereocenters. The number of rotatable bonds is 1. The van der Waals surface area contributed by atoms with Crippen molar-refractivity contribution in [2.75, 3.05) is 0 Å². The molecule has 3 heteroatoms. The summed E-state index contributed by atoms with van der Waals surface area (Å²) in [6.07, 6.45) is 0.461. The van der Waals surface area contributed by atoms with Crippen LogP contribution in [0.3, 0.4) is 0 Å². The summed E-state index contributed by atoms with van der Waals surface area (Å²) in [4.78, 5) is 10.5. The molecule has 2 aromatic carbocycles. The van der Waals surface area contributed by atoms with Crippen LogP contribution in [-0.2, 0) is 4.79 Å². The highest BCUT2D eigenvalue weighted by Gasteiger charge is 2.56. The van der Waals surface area contributed by atoms with Gasteiger partial charge in [-0.2, -0.15) is 0 Å². The van der Waals surface area contributed by atoms with Gasteiger partial charge in [0.25, 0.3) is 0 Å². The van der Waals surface area contributed by atoms with E-state index < -0.39 is 10.8 Å². The van der Waals surface area contributed by atoms with Crippen molar-refractivity contribution in [1.29, 1.82) is 0 Å². The second-order valence-electron chi connectivity index (χ2n) is 5.62. The zero-order chi connectivity index (χ0) is 13.9. The summed E-state index contributed by atoms with van der Waals surface area (Å²) in [6, 6.07) is 16.2. The summed E-state index contributed by atoms with van der Waals surface area (Å²) in [5, 5.41) is 9.64. The number of carbonyl (C=O) groups is 1. The summed E-state index contributed by atoms with van der Waals surface area (Å²) in [6.45, 7) is 0. The second-order valence-corrected chi connectivity index (χ2v) is 6.29. The maximum Gasteiger partial charge on any atom is 0.325 e. The minimum absolute atomic E-state index is 0.0843. The molecule has 5 rings (SSSR count). The molecule has 2 nitrogen and oxygen atoms in total. The molecule has 0 saturated heterocycles. The van der Waals surface area contributed by atoms with Crippen LogP contribution in [0.2, 0.25) is 0 Å². The number of fused-ring (bicyclic) bond motifs is 1. The van der Waals surface area contributed by atoms with Crippen molar-refractivity contribution >= 4 is 17.6 Å². The van der Waals surface area contributed by atoms with E-state index in [1.54, 1.807) is 0 Å². The number of carboxylic acids is 1. The number of aliphatic carboxylic acids is 1. The highest BCUT2D eigenvalue weighted by atomic mass is 35.5. The third kappa shape index (κ3) is 1.32. The lowest BCUT2D eigenvalue weighted by Gasteiger charge is -2.48. The van der Waals surface area contributed by atoms with Gasteiger partial charge in [-0.05, 0) is 28.7 Å². The van der Waals surface area contributed by atoms with Crippen LogP contribution in [0.4, 0.5) is 0 Å². The van der Waals surface area contributed by atoms with Crippen LogP contribution in [0.5, 0.6) is 0 Å². The van der Waals surface area contributed by atoms with Crippen molar-refractivity contribution in [3.63, 3.8) is 0 Å². The molecule has 0 amide bonds. The van der Waals surface area contributed by atoms with Crippen LogP contribution in [0.25, 0.3) is 0 Å². The first-order valence-electron chi connectivity index (χ1n) is 6.73. The van der Waals surface area contributed by atoms with Gasteiger partial charge < -0.3 is 5.11 Å². The van der Waals surface area contributed by atoms with E-state index in [9.17, 15) is 9.90 Å². The average Bonchev–Trinajstić information content (AvgIpc) is 2.47. The lowest BCUT2D eigenvalue weighted by atomic mass is 9.59. The fraction of sp³-hybridized carbons (Fsp3) is 0.235. The number of carboxylic acid groups (broad SMARTS) is 1. The van der Waals surface area contributed by atoms with Crippen LogP contribution in [0.15, 0.2) is 48.5 Å². The molecular formula is C17H13ClO2. The quantitative estimate of drug-likeness (QED) is 0.810. The van der Waals surface area contributed by atoms with E-state index in [0.717, 1.165) is 11.1 Å². The predicted molar refractivity (Wildman–Crippen MR) is 77.4 cm³/mol. The molecule has 2 bridgehead atoms. The van der Waals surface area contributed by atoms with E-state index in [1.165, 1.54) is 11.1 Å². The summed E-state index contributed by atoms with van der Waals surface area (Å²) >= 11 is 6.56. The van der Waals surface area contributed by atoms with Crippen molar-refractivity contribution < 1.29 is 9.90 Å². The molecule has 1 N–H and O–H groups in total. The molecule has 0 aromatic heterocycles. The van der Waals surface area contributed by atoms with E-state index in [0.29, 0.717) is 6.42 Å². The van der Waals surface area contributed by atoms with E-state index in [4.69, 9.17) is 11.6 Å². The Labute approximate surface area is 122 Å². The molecule has 0 saturated carbocycles. The van der Waals surface area contributed by atoms with Gasteiger partial charge in [0, 0.05) is 11.8 Å². The molecular weight excluding hydrogens is 272 g/mol. The van der Waals surface area contributed by atoms with Gasteiger partial charge in [0.2, 0.25) is 0 Å². The SMILES string of the molecule is O=C(O)C1(Cl)CC2c3ccccc3C1c1ccccc12. The Hall–Kier alpha value is -1.80. The maximum absolute atomic E-state index is 11.8. The van der Waals surface area contributed by atoms with E-state index >= 15 is 0 Å². The Morgan fingerprint density at radius 1 is 1.00 bits per heavy atom. The number of halogens is 1.